The van der Waals surface area contributed by atoms with Gasteiger partial charge in [-0.25, -0.2) is 0 Å². The maximum atomic E-state index is 7.83. The van der Waals surface area contributed by atoms with Gasteiger partial charge in [0.15, 0.2) is 0 Å². The normalized spacial score (nSPS) is 10.3. The van der Waals surface area contributed by atoms with Crippen molar-refractivity contribution in [2.45, 2.75) is 0 Å². The van der Waals surface area contributed by atoms with Crippen LogP contribution in [-0.4, -0.2) is 64.1 Å². The van der Waals surface area contributed by atoms with Gasteiger partial charge in [0, 0.05) is 0 Å². The molecule has 0 bridgehead atoms. The Balaban J connectivity index is 0. The van der Waals surface area contributed by atoms with Crippen LogP contribution in [0.15, 0.2) is 0 Å². The molecule has 4 nitrogen and oxygen atoms in total. The molecule has 0 saturated carbocycles. The summed E-state index contributed by atoms with van der Waals surface area (Å²) in [5, 5.41) is 7.71. The van der Waals surface area contributed by atoms with Gasteiger partial charge in [-0.1, -0.05) is 0 Å². The quantitative estimate of drug-likeness (QED) is 0.284. The van der Waals surface area contributed by atoms with Crippen LogP contribution >= 0.6 is 0 Å². The maximum absolute atomic E-state index is 7.83. The summed E-state index contributed by atoms with van der Waals surface area (Å²) in [7, 11) is -4.08. The molecule has 0 amide bonds. The molecule has 40 valence electrons. The predicted octanol–water partition coefficient (Wildman–Crippen LogP) is -3.21. The van der Waals surface area contributed by atoms with Crippen molar-refractivity contribution in [2.75, 3.05) is 6.23 Å². The van der Waals surface area contributed by atoms with Gasteiger partial charge in [-0.2, -0.15) is 0 Å². The zero-order valence-electron chi connectivity index (χ0n) is 3.00. The van der Waals surface area contributed by atoms with E-state index in [-0.39, 0.29) is 29.6 Å². The molecule has 0 radical (unpaired) electrons. The average molecular weight is 134 g/mol. The van der Waals surface area contributed by atoms with Gasteiger partial charge in [0.25, 0.3) is 0 Å². The van der Waals surface area contributed by atoms with E-state index in [2.05, 4.69) is 0 Å². The molecule has 0 aromatic heterocycles. The first kappa shape index (κ1) is 10.9. The first-order valence-corrected chi connectivity index (χ1v) is 3.39. The van der Waals surface area contributed by atoms with Gasteiger partial charge in [-0.15, -0.1) is 0 Å². The van der Waals surface area contributed by atoms with Crippen LogP contribution < -0.4 is 0 Å². The second kappa shape index (κ2) is 3.99. The van der Waals surface area contributed by atoms with Crippen molar-refractivity contribution in [3.05, 3.63) is 0 Å². The number of hydrogen-bond donors (Lipinski definition) is 4. The Morgan fingerprint density at radius 2 is 1.29 bits per heavy atom. The SMILES string of the molecule is OC[Si](O)(O)O.[NaH]. The van der Waals surface area contributed by atoms with Crippen molar-refractivity contribution in [3.63, 3.8) is 0 Å². The third kappa shape index (κ3) is 11.0. The van der Waals surface area contributed by atoms with Gasteiger partial charge >= 0.3 is 38.4 Å². The van der Waals surface area contributed by atoms with Gasteiger partial charge in [0.2, 0.25) is 0 Å². The van der Waals surface area contributed by atoms with Gasteiger partial charge in [0.1, 0.15) is 6.23 Å². The molecule has 6 heteroatoms. The molecule has 0 unspecified atom stereocenters. The zero-order valence-corrected chi connectivity index (χ0v) is 4.00. The number of hydrogen-bond acceptors (Lipinski definition) is 4. The van der Waals surface area contributed by atoms with Crippen LogP contribution in [0.25, 0.3) is 0 Å². The molecular formula is CH7NaO4Si. The summed E-state index contributed by atoms with van der Waals surface area (Å²) >= 11 is 0. The summed E-state index contributed by atoms with van der Waals surface area (Å²) in [5.41, 5.74) is 0. The molecule has 4 N–H and O–H groups in total. The summed E-state index contributed by atoms with van der Waals surface area (Å²) in [4.78, 5) is 23.5. The molecule has 0 aliphatic carbocycles. The third-order valence-electron chi connectivity index (χ3n) is 0.212. The number of aliphatic hydroxyl groups excluding tert-OH is 1. The van der Waals surface area contributed by atoms with Crippen LogP contribution in [0.4, 0.5) is 0 Å². The number of aliphatic hydroxyl groups is 1. The van der Waals surface area contributed by atoms with Crippen molar-refractivity contribution < 1.29 is 19.5 Å². The Hall–Kier alpha value is 1.06. The molecule has 7 heavy (non-hydrogen) atoms. The number of rotatable bonds is 1. The fourth-order valence-electron chi connectivity index (χ4n) is 0. The van der Waals surface area contributed by atoms with E-state index in [4.69, 9.17) is 19.5 Å². The van der Waals surface area contributed by atoms with Crippen LogP contribution in [0.5, 0.6) is 0 Å². The Bertz CT molecular complexity index is 41.4. The van der Waals surface area contributed by atoms with Crippen molar-refractivity contribution in [2.24, 2.45) is 0 Å². The van der Waals surface area contributed by atoms with Crippen LogP contribution in [0.1, 0.15) is 0 Å². The molecule has 0 spiro atoms. The Kier molecular flexibility index (Phi) is 6.23. The summed E-state index contributed by atoms with van der Waals surface area (Å²) in [5.74, 6) is 0. The van der Waals surface area contributed by atoms with Crippen molar-refractivity contribution in [3.8, 4) is 0 Å². The third-order valence-corrected chi connectivity index (χ3v) is 0.636. The molecule has 0 aromatic rings. The van der Waals surface area contributed by atoms with E-state index in [0.29, 0.717) is 0 Å². The summed E-state index contributed by atoms with van der Waals surface area (Å²) in [6.07, 6.45) is -0.924. The summed E-state index contributed by atoms with van der Waals surface area (Å²) in [6, 6.07) is 0. The minimum atomic E-state index is -4.08. The predicted molar refractivity (Wildman–Crippen MR) is 26.6 cm³/mol. The van der Waals surface area contributed by atoms with Crippen molar-refractivity contribution in [1.29, 1.82) is 0 Å². The van der Waals surface area contributed by atoms with E-state index in [9.17, 15) is 0 Å². The molecule has 0 aliphatic heterocycles. The molecular weight excluding hydrogens is 127 g/mol. The van der Waals surface area contributed by atoms with E-state index in [1.54, 1.807) is 0 Å². The van der Waals surface area contributed by atoms with E-state index in [1.165, 1.54) is 0 Å². The minimum absolute atomic E-state index is 0. The Morgan fingerprint density at radius 3 is 1.29 bits per heavy atom. The van der Waals surface area contributed by atoms with Gasteiger partial charge < -0.3 is 19.5 Å². The standard InChI is InChI=1S/CH6O4Si.Na.H/c2-1-6(3,4)5;;/h2-5H,1H2;;. The second-order valence-corrected chi connectivity index (χ2v) is 2.80. The van der Waals surface area contributed by atoms with Crippen LogP contribution in [-0.2, 0) is 0 Å². The second-order valence-electron chi connectivity index (χ2n) is 0.932. The fourth-order valence-corrected chi connectivity index (χ4v) is 0. The van der Waals surface area contributed by atoms with Crippen LogP contribution in [0.2, 0.25) is 0 Å². The van der Waals surface area contributed by atoms with Crippen LogP contribution in [0.3, 0.4) is 0 Å². The first-order chi connectivity index (χ1) is 2.56. The van der Waals surface area contributed by atoms with E-state index < -0.39 is 15.0 Å². The van der Waals surface area contributed by atoms with E-state index in [1.807, 2.05) is 0 Å². The molecule has 0 rings (SSSR count). The molecule has 0 heterocycles. The Labute approximate surface area is 64.1 Å². The molecule has 0 aromatic carbocycles. The first-order valence-electron chi connectivity index (χ1n) is 1.34. The van der Waals surface area contributed by atoms with E-state index in [0.717, 1.165) is 0 Å². The molecule has 0 aliphatic rings. The van der Waals surface area contributed by atoms with Crippen LogP contribution in [0, 0.1) is 0 Å². The Morgan fingerprint density at radius 1 is 1.14 bits per heavy atom. The molecule has 0 atom stereocenters. The van der Waals surface area contributed by atoms with Gasteiger partial charge in [-0.05, 0) is 0 Å². The summed E-state index contributed by atoms with van der Waals surface area (Å²) < 4.78 is 0. The van der Waals surface area contributed by atoms with Crippen molar-refractivity contribution >= 4 is 38.4 Å². The monoisotopic (exact) mass is 134 g/mol. The molecule has 0 saturated heterocycles. The fraction of sp³-hybridized carbons (Fsp3) is 1.00. The topological polar surface area (TPSA) is 80.9 Å². The summed E-state index contributed by atoms with van der Waals surface area (Å²) in [6.45, 7) is 0. The van der Waals surface area contributed by atoms with Crippen molar-refractivity contribution in [1.82, 2.24) is 0 Å². The van der Waals surface area contributed by atoms with E-state index >= 15 is 0 Å². The van der Waals surface area contributed by atoms with Gasteiger partial charge in [0.05, 0.1) is 0 Å². The average Bonchev–Trinajstić information content (AvgIpc) is 1.35. The molecule has 0 fully saturated rings. The zero-order chi connectivity index (χ0) is 5.21. The van der Waals surface area contributed by atoms with Gasteiger partial charge in [-0.3, -0.25) is 0 Å².